The molecule has 5 nitrogen and oxygen atoms in total. The number of rotatable bonds is 7. The summed E-state index contributed by atoms with van der Waals surface area (Å²) in [6, 6.07) is 15.9. The highest BCUT2D eigenvalue weighted by Gasteiger charge is 2.43. The van der Waals surface area contributed by atoms with Crippen molar-refractivity contribution in [2.24, 2.45) is 11.8 Å². The van der Waals surface area contributed by atoms with E-state index < -0.39 is 0 Å². The Bertz CT molecular complexity index is 1140. The van der Waals surface area contributed by atoms with Gasteiger partial charge in [-0.15, -0.1) is 0 Å². The van der Waals surface area contributed by atoms with Crippen LogP contribution in [-0.2, 0) is 11.2 Å². The van der Waals surface area contributed by atoms with Gasteiger partial charge in [0.05, 0.1) is 0 Å². The van der Waals surface area contributed by atoms with Gasteiger partial charge in [0, 0.05) is 42.2 Å². The number of pyridine rings is 1. The first-order chi connectivity index (χ1) is 15.7. The summed E-state index contributed by atoms with van der Waals surface area (Å²) in [4.78, 5) is 29.7. The fourth-order valence-electron chi connectivity index (χ4n) is 4.84. The lowest BCUT2D eigenvalue weighted by atomic mass is 9.99. The molecular weight excluding hydrogens is 398 g/mol. The van der Waals surface area contributed by atoms with Crippen molar-refractivity contribution < 1.29 is 9.59 Å². The van der Waals surface area contributed by atoms with Crippen LogP contribution >= 0.6 is 0 Å². The summed E-state index contributed by atoms with van der Waals surface area (Å²) >= 11 is 0. The van der Waals surface area contributed by atoms with E-state index in [-0.39, 0.29) is 23.5 Å². The average Bonchev–Trinajstić information content (AvgIpc) is 3.65. The number of piperidine rings is 1. The van der Waals surface area contributed by atoms with E-state index in [0.29, 0.717) is 24.4 Å². The van der Waals surface area contributed by atoms with Gasteiger partial charge in [-0.2, -0.15) is 0 Å². The number of carbonyl (C=O) groups is 2. The standard InChI is InChI=1S/C27H29N3O2/c31-26(12-18-6-7-23-17-29-10-8-20(23)11-18)25-14-24(25)21-4-1-5-22(13-21)27(32)30-16-19-3-2-9-28-15-19/h1,4-8,10-11,13,17,19,24-25,28H,2-3,9,12,14-16H2,(H,30,32)/t19?,24-,25+/m0/s1. The Labute approximate surface area is 188 Å². The Kier molecular flexibility index (Phi) is 5.99. The van der Waals surface area contributed by atoms with Crippen LogP contribution in [0.1, 0.15) is 46.7 Å². The van der Waals surface area contributed by atoms with Crippen LogP contribution in [0.4, 0.5) is 0 Å². The van der Waals surface area contributed by atoms with Gasteiger partial charge in [-0.25, -0.2) is 0 Å². The van der Waals surface area contributed by atoms with Gasteiger partial charge in [0.2, 0.25) is 0 Å². The van der Waals surface area contributed by atoms with E-state index in [0.717, 1.165) is 47.8 Å². The highest BCUT2D eigenvalue weighted by molar-refractivity contribution is 5.94. The molecule has 3 atom stereocenters. The normalized spacial score (nSPS) is 22.4. The van der Waals surface area contributed by atoms with Crippen molar-refractivity contribution in [3.05, 3.63) is 77.6 Å². The molecule has 1 saturated carbocycles. The molecule has 1 aliphatic heterocycles. The maximum Gasteiger partial charge on any atom is 0.251 e. The predicted molar refractivity (Wildman–Crippen MR) is 126 cm³/mol. The number of hydrogen-bond donors (Lipinski definition) is 2. The Morgan fingerprint density at radius 1 is 1.09 bits per heavy atom. The van der Waals surface area contributed by atoms with Crippen LogP contribution in [-0.4, -0.2) is 36.3 Å². The molecular formula is C27H29N3O2. The summed E-state index contributed by atoms with van der Waals surface area (Å²) in [5, 5.41) is 8.67. The minimum atomic E-state index is -0.0217. The third-order valence-electron chi connectivity index (χ3n) is 6.81. The number of Topliss-reactive ketones (excluding diaryl/α,β-unsaturated/α-hetero) is 1. The highest BCUT2D eigenvalue weighted by atomic mass is 16.1. The summed E-state index contributed by atoms with van der Waals surface area (Å²) in [7, 11) is 0. The van der Waals surface area contributed by atoms with Gasteiger partial charge in [0.15, 0.2) is 0 Å². The fourth-order valence-corrected chi connectivity index (χ4v) is 4.84. The number of carbonyl (C=O) groups excluding carboxylic acids is 2. The Hall–Kier alpha value is -3.05. The number of benzene rings is 2. The summed E-state index contributed by atoms with van der Waals surface area (Å²) in [6.45, 7) is 2.76. The van der Waals surface area contributed by atoms with Crippen molar-refractivity contribution >= 4 is 22.5 Å². The molecule has 2 fully saturated rings. The van der Waals surface area contributed by atoms with E-state index in [1.807, 2.05) is 48.7 Å². The first kappa shape index (κ1) is 20.8. The van der Waals surface area contributed by atoms with Crippen LogP contribution in [0.3, 0.4) is 0 Å². The SMILES string of the molecule is O=C(NCC1CCCNC1)c1cccc([C@@H]2C[C@H]2C(=O)Cc2ccc3cnccc3c2)c1. The molecule has 1 aromatic heterocycles. The molecule has 32 heavy (non-hydrogen) atoms. The highest BCUT2D eigenvalue weighted by Crippen LogP contribution is 2.48. The molecule has 0 bridgehead atoms. The van der Waals surface area contributed by atoms with Crippen molar-refractivity contribution in [1.82, 2.24) is 15.6 Å². The molecule has 2 aliphatic rings. The topological polar surface area (TPSA) is 71.1 Å². The first-order valence-corrected chi connectivity index (χ1v) is 11.6. The van der Waals surface area contributed by atoms with Gasteiger partial charge in [0.25, 0.3) is 5.91 Å². The Morgan fingerprint density at radius 3 is 2.91 bits per heavy atom. The number of aromatic nitrogens is 1. The smallest absolute Gasteiger partial charge is 0.251 e. The second-order valence-electron chi connectivity index (χ2n) is 9.20. The predicted octanol–water partition coefficient (Wildman–Crippen LogP) is 3.88. The quantitative estimate of drug-likeness (QED) is 0.600. The minimum absolute atomic E-state index is 0.0217. The second-order valence-corrected chi connectivity index (χ2v) is 9.20. The Balaban J connectivity index is 1.18. The van der Waals surface area contributed by atoms with Crippen molar-refractivity contribution in [3.63, 3.8) is 0 Å². The number of hydrogen-bond acceptors (Lipinski definition) is 4. The maximum atomic E-state index is 12.9. The van der Waals surface area contributed by atoms with Crippen molar-refractivity contribution in [1.29, 1.82) is 0 Å². The molecule has 5 heteroatoms. The molecule has 1 saturated heterocycles. The third-order valence-corrected chi connectivity index (χ3v) is 6.81. The first-order valence-electron chi connectivity index (χ1n) is 11.6. The fraction of sp³-hybridized carbons (Fsp3) is 0.370. The monoisotopic (exact) mass is 427 g/mol. The zero-order chi connectivity index (χ0) is 21.9. The zero-order valence-corrected chi connectivity index (χ0v) is 18.2. The minimum Gasteiger partial charge on any atom is -0.352 e. The lowest BCUT2D eigenvalue weighted by Crippen LogP contribution is -2.38. The van der Waals surface area contributed by atoms with Crippen LogP contribution in [0, 0.1) is 11.8 Å². The number of ketones is 1. The van der Waals surface area contributed by atoms with Crippen molar-refractivity contribution in [2.75, 3.05) is 19.6 Å². The van der Waals surface area contributed by atoms with Crippen molar-refractivity contribution in [2.45, 2.75) is 31.6 Å². The van der Waals surface area contributed by atoms with Gasteiger partial charge in [-0.05, 0) is 78.9 Å². The largest absolute Gasteiger partial charge is 0.352 e. The average molecular weight is 428 g/mol. The zero-order valence-electron chi connectivity index (χ0n) is 18.2. The van der Waals surface area contributed by atoms with Crippen molar-refractivity contribution in [3.8, 4) is 0 Å². The van der Waals surface area contributed by atoms with Gasteiger partial charge >= 0.3 is 0 Å². The molecule has 1 unspecified atom stereocenters. The van der Waals surface area contributed by atoms with Crippen LogP contribution in [0.25, 0.3) is 10.8 Å². The van der Waals surface area contributed by atoms with E-state index >= 15 is 0 Å². The summed E-state index contributed by atoms with van der Waals surface area (Å²) < 4.78 is 0. The molecule has 3 aromatic rings. The van der Waals surface area contributed by atoms with E-state index in [2.05, 4.69) is 21.7 Å². The molecule has 164 valence electrons. The third kappa shape index (κ3) is 4.73. The Morgan fingerprint density at radius 2 is 2.03 bits per heavy atom. The van der Waals surface area contributed by atoms with Crippen LogP contribution in [0.2, 0.25) is 0 Å². The van der Waals surface area contributed by atoms with Gasteiger partial charge < -0.3 is 10.6 Å². The molecule has 0 radical (unpaired) electrons. The molecule has 1 aliphatic carbocycles. The summed E-state index contributed by atoms with van der Waals surface area (Å²) in [5.41, 5.74) is 2.83. The molecule has 1 amide bonds. The number of nitrogens with zero attached hydrogens (tertiary/aromatic N) is 1. The summed E-state index contributed by atoms with van der Waals surface area (Å²) in [5.74, 6) is 1.04. The van der Waals surface area contributed by atoms with Crippen LogP contribution in [0.15, 0.2) is 60.9 Å². The lowest BCUT2D eigenvalue weighted by molar-refractivity contribution is -0.119. The summed E-state index contributed by atoms with van der Waals surface area (Å²) in [6.07, 6.45) is 7.27. The lowest BCUT2D eigenvalue weighted by Gasteiger charge is -2.22. The van der Waals surface area contributed by atoms with Gasteiger partial charge in [0.1, 0.15) is 5.78 Å². The van der Waals surface area contributed by atoms with Gasteiger partial charge in [-0.3, -0.25) is 14.6 Å². The van der Waals surface area contributed by atoms with Gasteiger partial charge in [-0.1, -0.05) is 30.3 Å². The van der Waals surface area contributed by atoms with E-state index in [9.17, 15) is 9.59 Å². The molecule has 2 aromatic carbocycles. The molecule has 2 N–H and O–H groups in total. The number of fused-ring (bicyclic) bond motifs is 1. The van der Waals surface area contributed by atoms with Crippen LogP contribution in [0.5, 0.6) is 0 Å². The second kappa shape index (κ2) is 9.21. The van der Waals surface area contributed by atoms with E-state index in [1.165, 1.54) is 6.42 Å². The molecule has 5 rings (SSSR count). The number of nitrogens with one attached hydrogen (secondary N) is 2. The maximum absolute atomic E-state index is 12.9. The molecule has 2 heterocycles. The van der Waals surface area contributed by atoms with E-state index in [1.54, 1.807) is 6.20 Å². The van der Waals surface area contributed by atoms with Crippen LogP contribution < -0.4 is 10.6 Å². The number of amides is 1. The van der Waals surface area contributed by atoms with E-state index in [4.69, 9.17) is 0 Å². The molecule has 0 spiro atoms.